The molecule has 1 heterocycles. The number of benzene rings is 3. The predicted octanol–water partition coefficient (Wildman–Crippen LogP) is 4.23. The molecule has 3 aromatic rings. The van der Waals surface area contributed by atoms with Crippen molar-refractivity contribution < 1.29 is 24.2 Å². The molecule has 0 spiro atoms. The van der Waals surface area contributed by atoms with Crippen molar-refractivity contribution in [3.63, 3.8) is 0 Å². The van der Waals surface area contributed by atoms with Crippen LogP contribution in [0.5, 0.6) is 11.5 Å². The molecule has 0 aliphatic carbocycles. The molecule has 230 valence electrons. The van der Waals surface area contributed by atoms with E-state index in [1.54, 1.807) is 36.3 Å². The number of hydrogen-bond donors (Lipinski definition) is 2. The van der Waals surface area contributed by atoms with Crippen molar-refractivity contribution in [3.8, 4) is 11.5 Å². The number of likely N-dealkylation sites (tertiary alicyclic amines) is 1. The molecule has 2 atom stereocenters. The van der Waals surface area contributed by atoms with Crippen molar-refractivity contribution in [3.05, 3.63) is 95.0 Å². The Kier molecular flexibility index (Phi) is 12.3. The van der Waals surface area contributed by atoms with Gasteiger partial charge in [-0.2, -0.15) is 0 Å². The number of carbonyl (C=O) groups is 2. The lowest BCUT2D eigenvalue weighted by Crippen LogP contribution is -2.53. The number of ether oxygens (including phenoxy) is 2. The van der Waals surface area contributed by atoms with E-state index in [0.717, 1.165) is 42.8 Å². The van der Waals surface area contributed by atoms with Gasteiger partial charge >= 0.3 is 0 Å². The molecular formula is C34H42ClN3O5. The highest BCUT2D eigenvalue weighted by Gasteiger charge is 2.31. The van der Waals surface area contributed by atoms with Crippen LogP contribution in [0.15, 0.2) is 78.9 Å². The zero-order chi connectivity index (χ0) is 30.6. The molecule has 0 saturated carbocycles. The molecule has 2 amide bonds. The Balaban J connectivity index is 1.47. The van der Waals surface area contributed by atoms with Crippen LogP contribution in [0.25, 0.3) is 0 Å². The predicted molar refractivity (Wildman–Crippen MR) is 169 cm³/mol. The number of carbonyl (C=O) groups excluding carboxylic acids is 2. The molecule has 0 radical (unpaired) electrons. The van der Waals surface area contributed by atoms with Gasteiger partial charge in [-0.1, -0.05) is 60.1 Å². The lowest BCUT2D eigenvalue weighted by atomic mass is 9.94. The summed E-state index contributed by atoms with van der Waals surface area (Å²) in [7, 11) is 3.70. The van der Waals surface area contributed by atoms with Gasteiger partial charge in [-0.3, -0.25) is 9.59 Å². The van der Waals surface area contributed by atoms with E-state index >= 15 is 0 Å². The second-order valence-corrected chi connectivity index (χ2v) is 11.6. The topological polar surface area (TPSA) is 91.3 Å². The summed E-state index contributed by atoms with van der Waals surface area (Å²) in [5, 5.41) is 15.0. The van der Waals surface area contributed by atoms with Crippen LogP contribution in [0.4, 0.5) is 0 Å². The van der Waals surface area contributed by atoms with Crippen molar-refractivity contribution in [1.82, 2.24) is 15.1 Å². The summed E-state index contributed by atoms with van der Waals surface area (Å²) < 4.78 is 10.9. The van der Waals surface area contributed by atoms with Crippen LogP contribution in [-0.4, -0.2) is 85.8 Å². The Bertz CT molecular complexity index is 1300. The van der Waals surface area contributed by atoms with Gasteiger partial charge in [-0.05, 0) is 87.3 Å². The molecule has 2 N–H and O–H groups in total. The molecule has 8 nitrogen and oxygen atoms in total. The summed E-state index contributed by atoms with van der Waals surface area (Å²) in [6.07, 6.45) is 1.62. The maximum Gasteiger partial charge on any atom is 0.258 e. The third-order valence-corrected chi connectivity index (χ3v) is 8.13. The number of methoxy groups -OCH3 is 1. The van der Waals surface area contributed by atoms with Crippen LogP contribution < -0.4 is 14.8 Å². The van der Waals surface area contributed by atoms with E-state index in [1.807, 2.05) is 54.6 Å². The minimum atomic E-state index is -0.999. The van der Waals surface area contributed by atoms with Crippen LogP contribution in [0.1, 0.15) is 24.0 Å². The van der Waals surface area contributed by atoms with E-state index in [2.05, 4.69) is 17.3 Å². The Hall–Kier alpha value is -3.59. The van der Waals surface area contributed by atoms with Crippen molar-refractivity contribution >= 4 is 23.4 Å². The van der Waals surface area contributed by atoms with E-state index in [4.69, 9.17) is 21.1 Å². The lowest BCUT2D eigenvalue weighted by Gasteiger charge is -2.35. The Morgan fingerprint density at radius 2 is 1.72 bits per heavy atom. The van der Waals surface area contributed by atoms with Gasteiger partial charge in [-0.25, -0.2) is 0 Å². The second kappa shape index (κ2) is 16.3. The lowest BCUT2D eigenvalue weighted by molar-refractivity contribution is -0.138. The molecule has 1 saturated heterocycles. The van der Waals surface area contributed by atoms with Crippen LogP contribution in [0.2, 0.25) is 5.02 Å². The van der Waals surface area contributed by atoms with Crippen molar-refractivity contribution in [2.45, 2.75) is 37.8 Å². The minimum absolute atomic E-state index is 0.0507. The summed E-state index contributed by atoms with van der Waals surface area (Å²) in [4.78, 5) is 30.8. The number of aliphatic hydroxyl groups excluding tert-OH is 1. The van der Waals surface area contributed by atoms with E-state index in [1.165, 1.54) is 0 Å². The first kappa shape index (κ1) is 32.3. The number of piperidine rings is 1. The number of halogens is 1. The molecule has 3 aromatic carbocycles. The maximum absolute atomic E-state index is 13.8. The fraction of sp³-hybridized carbons (Fsp3) is 0.412. The summed E-state index contributed by atoms with van der Waals surface area (Å²) >= 11 is 6.04. The minimum Gasteiger partial charge on any atom is -0.497 e. The van der Waals surface area contributed by atoms with Gasteiger partial charge in [-0.15, -0.1) is 0 Å². The third kappa shape index (κ3) is 10.3. The fourth-order valence-corrected chi connectivity index (χ4v) is 5.50. The van der Waals surface area contributed by atoms with E-state index < -0.39 is 12.1 Å². The molecule has 4 rings (SSSR count). The molecule has 9 heteroatoms. The van der Waals surface area contributed by atoms with Gasteiger partial charge in [0.1, 0.15) is 11.5 Å². The van der Waals surface area contributed by atoms with Crippen LogP contribution in [0.3, 0.4) is 0 Å². The van der Waals surface area contributed by atoms with Gasteiger partial charge < -0.3 is 29.7 Å². The number of nitrogens with one attached hydrogen (secondary N) is 1. The Morgan fingerprint density at radius 1 is 1.00 bits per heavy atom. The first-order valence-electron chi connectivity index (χ1n) is 14.8. The van der Waals surface area contributed by atoms with Crippen molar-refractivity contribution in [1.29, 1.82) is 0 Å². The second-order valence-electron chi connectivity index (χ2n) is 11.1. The normalized spacial score (nSPS) is 15.3. The largest absolute Gasteiger partial charge is 0.497 e. The monoisotopic (exact) mass is 607 g/mol. The fourth-order valence-electron chi connectivity index (χ4n) is 5.32. The third-order valence-electron chi connectivity index (χ3n) is 7.89. The zero-order valence-electron chi connectivity index (χ0n) is 25.0. The molecule has 1 aliphatic heterocycles. The average Bonchev–Trinajstić information content (AvgIpc) is 3.02. The van der Waals surface area contributed by atoms with Gasteiger partial charge in [0, 0.05) is 24.0 Å². The molecule has 0 aromatic heterocycles. The van der Waals surface area contributed by atoms with Crippen molar-refractivity contribution in [2.24, 2.45) is 5.92 Å². The molecule has 1 fully saturated rings. The van der Waals surface area contributed by atoms with Gasteiger partial charge in [0.15, 0.2) is 6.61 Å². The highest BCUT2D eigenvalue weighted by atomic mass is 35.5. The number of hydrogen-bond acceptors (Lipinski definition) is 6. The Labute approximate surface area is 259 Å². The number of rotatable bonds is 14. The quantitative estimate of drug-likeness (QED) is 0.285. The summed E-state index contributed by atoms with van der Waals surface area (Å²) in [6.45, 7) is 2.07. The van der Waals surface area contributed by atoms with Crippen LogP contribution in [0, 0.1) is 5.92 Å². The standard InChI is InChI=1S/C34H42ClN3O5/c1-37-18-16-27(17-19-37)34(41)38(20-15-25-11-13-29(42-2)14-12-25)23-32(39)31(21-26-7-4-3-5-8-26)36-33(40)24-43-30-10-6-9-28(35)22-30/h3-14,22,27,31-32,39H,15-21,23-24H2,1-2H3,(H,36,40). The molecule has 1 aliphatic rings. The molecule has 2 unspecified atom stereocenters. The summed E-state index contributed by atoms with van der Waals surface area (Å²) in [5.41, 5.74) is 2.04. The van der Waals surface area contributed by atoms with Gasteiger partial charge in [0.25, 0.3) is 5.91 Å². The van der Waals surface area contributed by atoms with Gasteiger partial charge in [0.05, 0.1) is 19.3 Å². The maximum atomic E-state index is 13.8. The first-order valence-corrected chi connectivity index (χ1v) is 15.2. The summed E-state index contributed by atoms with van der Waals surface area (Å²) in [6, 6.07) is 23.7. The number of nitrogens with zero attached hydrogens (tertiary/aromatic N) is 2. The smallest absolute Gasteiger partial charge is 0.258 e. The Morgan fingerprint density at radius 3 is 2.40 bits per heavy atom. The molecular weight excluding hydrogens is 566 g/mol. The molecule has 43 heavy (non-hydrogen) atoms. The van der Waals surface area contributed by atoms with E-state index in [9.17, 15) is 14.7 Å². The molecule has 0 bridgehead atoms. The van der Waals surface area contributed by atoms with E-state index in [-0.39, 0.29) is 30.9 Å². The highest BCUT2D eigenvalue weighted by molar-refractivity contribution is 6.30. The highest BCUT2D eigenvalue weighted by Crippen LogP contribution is 2.21. The van der Waals surface area contributed by atoms with E-state index in [0.29, 0.717) is 30.2 Å². The zero-order valence-corrected chi connectivity index (χ0v) is 25.7. The SMILES string of the molecule is COc1ccc(CCN(CC(O)C(Cc2ccccc2)NC(=O)COc2cccc(Cl)c2)C(=O)C2CCN(C)CC2)cc1. The summed E-state index contributed by atoms with van der Waals surface area (Å²) in [5.74, 6) is 0.849. The first-order chi connectivity index (χ1) is 20.8. The van der Waals surface area contributed by atoms with Crippen LogP contribution in [-0.2, 0) is 22.4 Å². The number of aliphatic hydroxyl groups is 1. The van der Waals surface area contributed by atoms with Gasteiger partial charge in [0.2, 0.25) is 5.91 Å². The van der Waals surface area contributed by atoms with Crippen molar-refractivity contribution in [2.75, 3.05) is 46.9 Å². The number of amides is 2. The average molecular weight is 608 g/mol. The van der Waals surface area contributed by atoms with Crippen LogP contribution >= 0.6 is 11.6 Å².